The Morgan fingerprint density at radius 3 is 2.65 bits per heavy atom. The highest BCUT2D eigenvalue weighted by atomic mass is 35.5. The maximum atomic E-state index is 12.7. The second-order valence-electron chi connectivity index (χ2n) is 5.89. The third-order valence-electron chi connectivity index (χ3n) is 4.01. The monoisotopic (exact) mass is 402 g/mol. The van der Waals surface area contributed by atoms with Crippen LogP contribution in [0, 0.1) is 6.92 Å². The summed E-state index contributed by atoms with van der Waals surface area (Å²) in [5.74, 6) is -0.144. The molecule has 0 aliphatic carbocycles. The number of nitrogens with one attached hydrogen (secondary N) is 1. The first-order valence-corrected chi connectivity index (χ1v) is 10.1. The number of carbonyl (C=O) groups is 1. The van der Waals surface area contributed by atoms with Crippen LogP contribution >= 0.6 is 34.3 Å². The lowest BCUT2D eigenvalue weighted by atomic mass is 10.2. The van der Waals surface area contributed by atoms with Crippen molar-refractivity contribution in [3.05, 3.63) is 62.6 Å². The van der Waals surface area contributed by atoms with Gasteiger partial charge in [0.15, 0.2) is 4.96 Å². The van der Waals surface area contributed by atoms with Gasteiger partial charge in [0.25, 0.3) is 5.91 Å². The summed E-state index contributed by atoms with van der Waals surface area (Å²) in [6.45, 7) is 3.89. The zero-order valence-corrected chi connectivity index (χ0v) is 16.5. The molecule has 0 saturated carbocycles. The van der Waals surface area contributed by atoms with Crippen molar-refractivity contribution in [1.29, 1.82) is 0 Å². The first-order valence-electron chi connectivity index (χ1n) is 7.96. The van der Waals surface area contributed by atoms with Crippen molar-refractivity contribution < 1.29 is 4.79 Å². The van der Waals surface area contributed by atoms with Crippen LogP contribution in [0.5, 0.6) is 0 Å². The molecule has 4 rings (SSSR count). The van der Waals surface area contributed by atoms with E-state index in [0.717, 1.165) is 26.9 Å². The van der Waals surface area contributed by atoms with Crippen molar-refractivity contribution in [2.24, 2.45) is 0 Å². The first kappa shape index (κ1) is 17.2. The quantitative estimate of drug-likeness (QED) is 0.524. The fourth-order valence-electron chi connectivity index (χ4n) is 2.63. The van der Waals surface area contributed by atoms with Crippen LogP contribution in [0.15, 0.2) is 41.2 Å². The van der Waals surface area contributed by atoms with Gasteiger partial charge in [-0.05, 0) is 26.0 Å². The Morgan fingerprint density at radius 1 is 1.19 bits per heavy atom. The highest BCUT2D eigenvalue weighted by Gasteiger charge is 2.18. The van der Waals surface area contributed by atoms with E-state index in [9.17, 15) is 4.79 Å². The molecule has 0 saturated heterocycles. The molecule has 0 spiro atoms. The minimum atomic E-state index is -0.151. The van der Waals surface area contributed by atoms with Crippen molar-refractivity contribution in [3.63, 3.8) is 0 Å². The molecule has 4 aromatic rings. The molecule has 1 aromatic carbocycles. The highest BCUT2D eigenvalue weighted by molar-refractivity contribution is 7.15. The van der Waals surface area contributed by atoms with Gasteiger partial charge in [-0.3, -0.25) is 9.20 Å². The largest absolute Gasteiger partial charge is 0.343 e. The molecule has 0 radical (unpaired) electrons. The number of hydrogen-bond acceptors (Lipinski definition) is 5. The molecule has 3 heterocycles. The van der Waals surface area contributed by atoms with Crippen molar-refractivity contribution in [2.75, 3.05) is 0 Å². The smallest absolute Gasteiger partial charge is 0.269 e. The number of halogens is 1. The standard InChI is InChI=1S/C18H15ClN4OS2/c1-10(15-8-25-11(2)21-15)20-17(24)16-9-26-18-22-14(7-23(16)18)12-3-5-13(19)6-4-12/h3-10H,1-2H3,(H,20,24)/t10-/m1/s1. The van der Waals surface area contributed by atoms with E-state index in [4.69, 9.17) is 11.6 Å². The van der Waals surface area contributed by atoms with E-state index in [1.165, 1.54) is 11.3 Å². The minimum Gasteiger partial charge on any atom is -0.343 e. The summed E-state index contributed by atoms with van der Waals surface area (Å²) in [5, 5.41) is 8.47. The molecule has 5 nitrogen and oxygen atoms in total. The van der Waals surface area contributed by atoms with Gasteiger partial charge >= 0.3 is 0 Å². The maximum Gasteiger partial charge on any atom is 0.269 e. The predicted octanol–water partition coefficient (Wildman–Crippen LogP) is 4.97. The van der Waals surface area contributed by atoms with E-state index < -0.39 is 0 Å². The van der Waals surface area contributed by atoms with Gasteiger partial charge in [-0.2, -0.15) is 0 Å². The van der Waals surface area contributed by atoms with E-state index in [1.54, 1.807) is 11.3 Å². The molecule has 3 aromatic heterocycles. The third kappa shape index (κ3) is 3.25. The zero-order valence-electron chi connectivity index (χ0n) is 14.1. The molecule has 26 heavy (non-hydrogen) atoms. The number of thiazole rings is 2. The van der Waals surface area contributed by atoms with E-state index in [-0.39, 0.29) is 11.9 Å². The molecule has 1 N–H and O–H groups in total. The number of imidazole rings is 1. The fourth-order valence-corrected chi connectivity index (χ4v) is 4.32. The van der Waals surface area contributed by atoms with Crippen LogP contribution in [0.4, 0.5) is 0 Å². The molecule has 1 amide bonds. The van der Waals surface area contributed by atoms with E-state index in [0.29, 0.717) is 10.7 Å². The highest BCUT2D eigenvalue weighted by Crippen LogP contribution is 2.25. The molecule has 132 valence electrons. The van der Waals surface area contributed by atoms with E-state index in [1.807, 2.05) is 59.5 Å². The van der Waals surface area contributed by atoms with Crippen LogP contribution in [0.2, 0.25) is 5.02 Å². The average Bonchev–Trinajstić information content (AvgIpc) is 3.30. The molecule has 1 atom stereocenters. The number of carbonyl (C=O) groups excluding carboxylic acids is 1. The predicted molar refractivity (Wildman–Crippen MR) is 106 cm³/mol. The summed E-state index contributed by atoms with van der Waals surface area (Å²) in [7, 11) is 0. The lowest BCUT2D eigenvalue weighted by Gasteiger charge is -2.10. The zero-order chi connectivity index (χ0) is 18.3. The van der Waals surface area contributed by atoms with Crippen molar-refractivity contribution >= 4 is 45.1 Å². The molecular formula is C18H15ClN4OS2. The van der Waals surface area contributed by atoms with Crippen LogP contribution in [0.3, 0.4) is 0 Å². The van der Waals surface area contributed by atoms with Gasteiger partial charge in [0.2, 0.25) is 0 Å². The SMILES string of the molecule is Cc1nc([C@@H](C)NC(=O)c2csc3nc(-c4ccc(Cl)cc4)cn23)cs1. The molecule has 0 bridgehead atoms. The van der Waals surface area contributed by atoms with Crippen LogP contribution in [-0.4, -0.2) is 20.3 Å². The van der Waals surface area contributed by atoms with Gasteiger partial charge in [-0.1, -0.05) is 23.7 Å². The van der Waals surface area contributed by atoms with Gasteiger partial charge in [-0.25, -0.2) is 9.97 Å². The van der Waals surface area contributed by atoms with Gasteiger partial charge in [0, 0.05) is 27.5 Å². The van der Waals surface area contributed by atoms with Crippen LogP contribution in [0.25, 0.3) is 16.2 Å². The fraction of sp³-hybridized carbons (Fsp3) is 0.167. The van der Waals surface area contributed by atoms with Gasteiger partial charge in [0.1, 0.15) is 5.69 Å². The first-order chi connectivity index (χ1) is 12.5. The topological polar surface area (TPSA) is 59.3 Å². The number of benzene rings is 1. The Bertz CT molecular complexity index is 1080. The number of rotatable bonds is 4. The summed E-state index contributed by atoms with van der Waals surface area (Å²) in [6.07, 6.45) is 1.88. The van der Waals surface area contributed by atoms with Crippen molar-refractivity contribution in [3.8, 4) is 11.3 Å². The summed E-state index contributed by atoms with van der Waals surface area (Å²) in [4.78, 5) is 22.5. The molecule has 0 aliphatic heterocycles. The Balaban J connectivity index is 1.60. The normalized spacial score (nSPS) is 12.4. The van der Waals surface area contributed by atoms with Crippen molar-refractivity contribution in [1.82, 2.24) is 19.7 Å². The second kappa shape index (κ2) is 6.83. The molecule has 0 unspecified atom stereocenters. The number of nitrogens with zero attached hydrogens (tertiary/aromatic N) is 3. The lowest BCUT2D eigenvalue weighted by Crippen LogP contribution is -2.27. The van der Waals surface area contributed by atoms with Crippen LogP contribution < -0.4 is 5.32 Å². The number of hydrogen-bond donors (Lipinski definition) is 1. The summed E-state index contributed by atoms with van der Waals surface area (Å²) in [5.41, 5.74) is 3.21. The Morgan fingerprint density at radius 2 is 1.96 bits per heavy atom. The van der Waals surface area contributed by atoms with E-state index >= 15 is 0 Å². The average molecular weight is 403 g/mol. The number of aryl methyl sites for hydroxylation is 1. The second-order valence-corrected chi connectivity index (χ2v) is 8.23. The number of fused-ring (bicyclic) bond motifs is 1. The lowest BCUT2D eigenvalue weighted by molar-refractivity contribution is 0.0933. The van der Waals surface area contributed by atoms with Crippen LogP contribution in [-0.2, 0) is 0 Å². The molecule has 0 fully saturated rings. The molecule has 8 heteroatoms. The minimum absolute atomic E-state index is 0.144. The van der Waals surface area contributed by atoms with Gasteiger partial charge < -0.3 is 5.32 Å². The Labute approximate surface area is 163 Å². The number of amides is 1. The maximum absolute atomic E-state index is 12.7. The Hall–Kier alpha value is -2.22. The van der Waals surface area contributed by atoms with Gasteiger partial charge in [0.05, 0.1) is 22.4 Å². The van der Waals surface area contributed by atoms with E-state index in [2.05, 4.69) is 15.3 Å². The van der Waals surface area contributed by atoms with Crippen LogP contribution in [0.1, 0.15) is 34.2 Å². The third-order valence-corrected chi connectivity index (χ3v) is 5.89. The molecule has 0 aliphatic rings. The summed E-state index contributed by atoms with van der Waals surface area (Å²) >= 11 is 8.96. The Kier molecular flexibility index (Phi) is 4.52. The van der Waals surface area contributed by atoms with Gasteiger partial charge in [-0.15, -0.1) is 22.7 Å². The van der Waals surface area contributed by atoms with Crippen molar-refractivity contribution in [2.45, 2.75) is 19.9 Å². The molecular weight excluding hydrogens is 388 g/mol. The summed E-state index contributed by atoms with van der Waals surface area (Å²) < 4.78 is 1.82. The summed E-state index contributed by atoms with van der Waals surface area (Å²) in [6, 6.07) is 7.34. The number of aromatic nitrogens is 3.